The Kier molecular flexibility index (Phi) is 2.90. The molecule has 1 aliphatic heterocycles. The van der Waals surface area contributed by atoms with Gasteiger partial charge in [-0.25, -0.2) is 0 Å². The van der Waals surface area contributed by atoms with Crippen molar-refractivity contribution in [1.29, 1.82) is 0 Å². The summed E-state index contributed by atoms with van der Waals surface area (Å²) in [5.41, 5.74) is 0. The fourth-order valence-corrected chi connectivity index (χ4v) is 1.25. The molecule has 1 rings (SSSR count). The first-order chi connectivity index (χ1) is 4.84. The van der Waals surface area contributed by atoms with Gasteiger partial charge in [-0.1, -0.05) is 6.08 Å². The van der Waals surface area contributed by atoms with Crippen LogP contribution in [0.5, 0.6) is 0 Å². The fourth-order valence-electron chi connectivity index (χ4n) is 1.25. The molecule has 1 atom stereocenters. The highest BCUT2D eigenvalue weighted by atomic mass is 16.5. The van der Waals surface area contributed by atoms with Crippen molar-refractivity contribution < 1.29 is 9.84 Å². The molecule has 1 aliphatic rings. The Morgan fingerprint density at radius 1 is 1.50 bits per heavy atom. The molecule has 10 heavy (non-hydrogen) atoms. The van der Waals surface area contributed by atoms with Gasteiger partial charge < -0.3 is 9.84 Å². The minimum absolute atomic E-state index is 0.330. The minimum atomic E-state index is -0.330. The number of aliphatic hydroxyl groups excluding tert-OH is 1. The zero-order chi connectivity index (χ0) is 7.40. The summed E-state index contributed by atoms with van der Waals surface area (Å²) in [5, 5.41) is 9.31. The van der Waals surface area contributed by atoms with E-state index in [1.54, 1.807) is 6.08 Å². The Balaban J connectivity index is 2.30. The van der Waals surface area contributed by atoms with E-state index in [1.165, 1.54) is 0 Å². The molecule has 0 unspecified atom stereocenters. The van der Waals surface area contributed by atoms with Crippen LogP contribution in [0.4, 0.5) is 0 Å². The normalized spacial score (nSPS) is 24.1. The molecular formula is C8H14O2. The van der Waals surface area contributed by atoms with Gasteiger partial charge >= 0.3 is 0 Å². The fraction of sp³-hybridized carbons (Fsp3) is 0.750. The Morgan fingerprint density at radius 3 is 2.60 bits per heavy atom. The van der Waals surface area contributed by atoms with Crippen LogP contribution in [0.3, 0.4) is 0 Å². The van der Waals surface area contributed by atoms with Crippen molar-refractivity contribution in [2.24, 2.45) is 5.92 Å². The molecule has 2 nitrogen and oxygen atoms in total. The summed E-state index contributed by atoms with van der Waals surface area (Å²) in [4.78, 5) is 0. The van der Waals surface area contributed by atoms with Gasteiger partial charge in [0.25, 0.3) is 0 Å². The highest BCUT2D eigenvalue weighted by Gasteiger charge is 2.18. The summed E-state index contributed by atoms with van der Waals surface area (Å²) < 4.78 is 5.15. The van der Waals surface area contributed by atoms with Crippen LogP contribution in [0.15, 0.2) is 12.7 Å². The summed E-state index contributed by atoms with van der Waals surface area (Å²) in [6.07, 6.45) is 3.21. The van der Waals surface area contributed by atoms with Crippen LogP contribution in [0.2, 0.25) is 0 Å². The number of aliphatic hydroxyl groups is 1. The first-order valence-corrected chi connectivity index (χ1v) is 3.73. The second-order valence-electron chi connectivity index (χ2n) is 2.68. The Morgan fingerprint density at radius 2 is 2.10 bits per heavy atom. The van der Waals surface area contributed by atoms with Gasteiger partial charge in [0, 0.05) is 13.2 Å². The predicted molar refractivity (Wildman–Crippen MR) is 39.7 cm³/mol. The Labute approximate surface area is 61.5 Å². The van der Waals surface area contributed by atoms with E-state index in [0.29, 0.717) is 5.92 Å². The number of hydrogen-bond acceptors (Lipinski definition) is 2. The third-order valence-electron chi connectivity index (χ3n) is 1.99. The predicted octanol–water partition coefficient (Wildman–Crippen LogP) is 0.960. The van der Waals surface area contributed by atoms with Crippen molar-refractivity contribution >= 4 is 0 Å². The Bertz CT molecular complexity index is 106. The van der Waals surface area contributed by atoms with E-state index < -0.39 is 0 Å². The van der Waals surface area contributed by atoms with Gasteiger partial charge in [0.1, 0.15) is 0 Å². The van der Waals surface area contributed by atoms with Crippen molar-refractivity contribution in [2.75, 3.05) is 13.2 Å². The molecule has 2 heteroatoms. The lowest BCUT2D eigenvalue weighted by Crippen LogP contribution is -2.25. The van der Waals surface area contributed by atoms with Crippen LogP contribution in [0.25, 0.3) is 0 Å². The van der Waals surface area contributed by atoms with Crippen LogP contribution < -0.4 is 0 Å². The molecule has 0 radical (unpaired) electrons. The maximum absolute atomic E-state index is 9.31. The SMILES string of the molecule is C=C[C@@H](O)C1CCOCC1. The van der Waals surface area contributed by atoms with Crippen LogP contribution >= 0.6 is 0 Å². The van der Waals surface area contributed by atoms with E-state index in [1.807, 2.05) is 0 Å². The van der Waals surface area contributed by atoms with Gasteiger partial charge in [0.2, 0.25) is 0 Å². The van der Waals surface area contributed by atoms with Crippen LogP contribution in [0, 0.1) is 5.92 Å². The molecule has 1 saturated heterocycles. The molecular weight excluding hydrogens is 128 g/mol. The van der Waals surface area contributed by atoms with Gasteiger partial charge in [0.15, 0.2) is 0 Å². The maximum atomic E-state index is 9.31. The monoisotopic (exact) mass is 142 g/mol. The number of rotatable bonds is 2. The van der Waals surface area contributed by atoms with Gasteiger partial charge in [-0.2, -0.15) is 0 Å². The quantitative estimate of drug-likeness (QED) is 0.582. The summed E-state index contributed by atoms with van der Waals surface area (Å²) >= 11 is 0. The summed E-state index contributed by atoms with van der Waals surface area (Å²) in [7, 11) is 0. The summed E-state index contributed by atoms with van der Waals surface area (Å²) in [6.45, 7) is 5.12. The molecule has 0 amide bonds. The maximum Gasteiger partial charge on any atom is 0.0748 e. The molecule has 0 aromatic rings. The Hall–Kier alpha value is -0.340. The topological polar surface area (TPSA) is 29.5 Å². The highest BCUT2D eigenvalue weighted by Crippen LogP contribution is 2.18. The van der Waals surface area contributed by atoms with Crippen LogP contribution in [-0.4, -0.2) is 24.4 Å². The molecule has 0 spiro atoms. The van der Waals surface area contributed by atoms with Crippen molar-refractivity contribution in [3.8, 4) is 0 Å². The van der Waals surface area contributed by atoms with Crippen LogP contribution in [-0.2, 0) is 4.74 Å². The molecule has 1 fully saturated rings. The molecule has 0 aromatic heterocycles. The van der Waals surface area contributed by atoms with Crippen molar-refractivity contribution in [3.05, 3.63) is 12.7 Å². The first-order valence-electron chi connectivity index (χ1n) is 3.73. The van der Waals surface area contributed by atoms with Crippen molar-refractivity contribution in [3.63, 3.8) is 0 Å². The lowest BCUT2D eigenvalue weighted by atomic mass is 9.94. The third kappa shape index (κ3) is 1.82. The van der Waals surface area contributed by atoms with E-state index in [9.17, 15) is 5.11 Å². The summed E-state index contributed by atoms with van der Waals surface area (Å²) in [5.74, 6) is 0.381. The number of hydrogen-bond donors (Lipinski definition) is 1. The number of ether oxygens (including phenoxy) is 1. The average Bonchev–Trinajstić information content (AvgIpc) is 2.05. The lowest BCUT2D eigenvalue weighted by molar-refractivity contribution is 0.0248. The van der Waals surface area contributed by atoms with E-state index >= 15 is 0 Å². The second-order valence-corrected chi connectivity index (χ2v) is 2.68. The zero-order valence-corrected chi connectivity index (χ0v) is 6.12. The standard InChI is InChI=1S/C8H14O2/c1-2-8(9)7-3-5-10-6-4-7/h2,7-9H,1,3-6H2/t8-/m1/s1. The van der Waals surface area contributed by atoms with E-state index in [4.69, 9.17) is 4.74 Å². The van der Waals surface area contributed by atoms with Gasteiger partial charge in [-0.05, 0) is 18.8 Å². The average molecular weight is 142 g/mol. The van der Waals surface area contributed by atoms with E-state index in [-0.39, 0.29) is 6.10 Å². The van der Waals surface area contributed by atoms with Gasteiger partial charge in [-0.15, -0.1) is 6.58 Å². The molecule has 0 aliphatic carbocycles. The zero-order valence-electron chi connectivity index (χ0n) is 6.12. The molecule has 58 valence electrons. The minimum Gasteiger partial charge on any atom is -0.389 e. The smallest absolute Gasteiger partial charge is 0.0748 e. The van der Waals surface area contributed by atoms with E-state index in [0.717, 1.165) is 26.1 Å². The van der Waals surface area contributed by atoms with Crippen molar-refractivity contribution in [1.82, 2.24) is 0 Å². The van der Waals surface area contributed by atoms with Crippen molar-refractivity contribution in [2.45, 2.75) is 18.9 Å². The van der Waals surface area contributed by atoms with Gasteiger partial charge in [0.05, 0.1) is 6.10 Å². The third-order valence-corrected chi connectivity index (χ3v) is 1.99. The lowest BCUT2D eigenvalue weighted by Gasteiger charge is -2.24. The molecule has 1 heterocycles. The second kappa shape index (κ2) is 3.74. The molecule has 0 saturated carbocycles. The molecule has 1 N–H and O–H groups in total. The molecule has 0 aromatic carbocycles. The summed E-state index contributed by atoms with van der Waals surface area (Å²) in [6, 6.07) is 0. The molecule has 0 bridgehead atoms. The van der Waals surface area contributed by atoms with Crippen LogP contribution in [0.1, 0.15) is 12.8 Å². The first kappa shape index (κ1) is 7.76. The largest absolute Gasteiger partial charge is 0.389 e. The van der Waals surface area contributed by atoms with E-state index in [2.05, 4.69) is 6.58 Å². The van der Waals surface area contributed by atoms with Gasteiger partial charge in [-0.3, -0.25) is 0 Å². The highest BCUT2D eigenvalue weighted by molar-refractivity contribution is 4.85.